The largest absolute Gasteiger partial charge is 0.530 e. The Morgan fingerprint density at radius 3 is 2.52 bits per heavy atom. The molecule has 6 heteroatoms. The first kappa shape index (κ1) is 19.7. The number of amides is 1. The summed E-state index contributed by atoms with van der Waals surface area (Å²) in [4.78, 5) is 24.2. The fraction of sp³-hybridized carbons (Fsp3) is 0.619. The van der Waals surface area contributed by atoms with Crippen molar-refractivity contribution < 1.29 is 19.4 Å². The summed E-state index contributed by atoms with van der Waals surface area (Å²) in [7, 11) is 0. The number of aldehydes is 1. The molecule has 0 bridgehead atoms. The summed E-state index contributed by atoms with van der Waals surface area (Å²) in [5.74, 6) is 1.41. The summed E-state index contributed by atoms with van der Waals surface area (Å²) in [5.41, 5.74) is 4.16. The third kappa shape index (κ3) is 3.95. The van der Waals surface area contributed by atoms with Gasteiger partial charge in [-0.05, 0) is 76.2 Å². The molecule has 1 unspecified atom stereocenters. The van der Waals surface area contributed by atoms with E-state index in [0.29, 0.717) is 18.0 Å². The lowest BCUT2D eigenvalue weighted by atomic mass is 9.90. The third-order valence-electron chi connectivity index (χ3n) is 6.20. The molecular formula is C21H29N2O4-. The average molecular weight is 373 g/mol. The molecule has 2 aliphatic heterocycles. The molecule has 3 rings (SSSR count). The normalized spacial score (nSPS) is 23.0. The standard InChI is InChI=1S/C21H30N2O4/c1-13-14(2)19-17(15(3)18(13)22-20(25)26)11-21(4,27-19)12-23-8-5-16(6-9-23)7-10-24/h10,16,22H,5-9,11-12H2,1-4H3,(H,25,26)/p-1. The molecule has 0 aromatic heterocycles. The number of hydrogen-bond acceptors (Lipinski definition) is 5. The molecule has 27 heavy (non-hydrogen) atoms. The molecule has 1 aromatic rings. The van der Waals surface area contributed by atoms with Crippen molar-refractivity contribution in [1.29, 1.82) is 0 Å². The van der Waals surface area contributed by atoms with Gasteiger partial charge in [-0.25, -0.2) is 0 Å². The van der Waals surface area contributed by atoms with Crippen LogP contribution in [0.2, 0.25) is 0 Å². The van der Waals surface area contributed by atoms with Crippen LogP contribution in [-0.2, 0) is 11.2 Å². The first-order valence-electron chi connectivity index (χ1n) is 9.69. The minimum Gasteiger partial charge on any atom is -0.530 e. The molecule has 1 fully saturated rings. The van der Waals surface area contributed by atoms with E-state index in [2.05, 4.69) is 17.1 Å². The number of likely N-dealkylation sites (tertiary alicyclic amines) is 1. The maximum Gasteiger partial charge on any atom is 0.138 e. The van der Waals surface area contributed by atoms with E-state index in [1.165, 1.54) is 0 Å². The average Bonchev–Trinajstić information content (AvgIpc) is 2.96. The summed E-state index contributed by atoms with van der Waals surface area (Å²) in [6.07, 6.45) is 3.27. The first-order valence-corrected chi connectivity index (χ1v) is 9.69. The van der Waals surface area contributed by atoms with Crippen molar-refractivity contribution in [2.45, 2.75) is 59.0 Å². The third-order valence-corrected chi connectivity index (χ3v) is 6.20. The van der Waals surface area contributed by atoms with Crippen LogP contribution in [0.4, 0.5) is 10.5 Å². The lowest BCUT2D eigenvalue weighted by molar-refractivity contribution is -0.242. The van der Waals surface area contributed by atoms with Crippen LogP contribution < -0.4 is 15.2 Å². The van der Waals surface area contributed by atoms with Gasteiger partial charge < -0.3 is 24.7 Å². The number of benzene rings is 1. The summed E-state index contributed by atoms with van der Waals surface area (Å²) in [6, 6.07) is 0. The van der Waals surface area contributed by atoms with Crippen molar-refractivity contribution >= 4 is 18.1 Å². The molecule has 0 spiro atoms. The number of carboxylic acid groups (broad SMARTS) is 1. The molecule has 1 saturated heterocycles. The second-order valence-electron chi connectivity index (χ2n) is 8.32. The Labute approximate surface area is 160 Å². The molecule has 6 nitrogen and oxygen atoms in total. The van der Waals surface area contributed by atoms with Crippen LogP contribution in [0.25, 0.3) is 0 Å². The van der Waals surface area contributed by atoms with Gasteiger partial charge in [-0.1, -0.05) is 0 Å². The number of anilines is 1. The van der Waals surface area contributed by atoms with Crippen molar-refractivity contribution in [3.8, 4) is 5.75 Å². The number of piperidine rings is 1. The van der Waals surface area contributed by atoms with E-state index in [9.17, 15) is 14.7 Å². The molecule has 0 saturated carbocycles. The van der Waals surface area contributed by atoms with Crippen LogP contribution in [0.5, 0.6) is 5.75 Å². The van der Waals surface area contributed by atoms with Gasteiger partial charge in [-0.15, -0.1) is 0 Å². The predicted octanol–water partition coefficient (Wildman–Crippen LogP) is 2.36. The number of carbonyl (C=O) groups excluding carboxylic acids is 2. The molecule has 1 atom stereocenters. The Morgan fingerprint density at radius 2 is 1.93 bits per heavy atom. The van der Waals surface area contributed by atoms with Gasteiger partial charge in [0.2, 0.25) is 0 Å². The predicted molar refractivity (Wildman–Crippen MR) is 102 cm³/mol. The fourth-order valence-corrected chi connectivity index (χ4v) is 4.56. The van der Waals surface area contributed by atoms with Gasteiger partial charge in [0.1, 0.15) is 23.7 Å². The van der Waals surface area contributed by atoms with E-state index in [0.717, 1.165) is 73.2 Å². The zero-order valence-corrected chi connectivity index (χ0v) is 16.7. The van der Waals surface area contributed by atoms with Crippen LogP contribution in [0, 0.1) is 26.7 Å². The number of rotatable bonds is 5. The van der Waals surface area contributed by atoms with Gasteiger partial charge >= 0.3 is 0 Å². The molecule has 1 N–H and O–H groups in total. The summed E-state index contributed by atoms with van der Waals surface area (Å²) < 4.78 is 6.44. The molecule has 0 aliphatic carbocycles. The topological polar surface area (TPSA) is 81.7 Å². The van der Waals surface area contributed by atoms with Gasteiger partial charge in [0, 0.05) is 30.6 Å². The van der Waals surface area contributed by atoms with Crippen molar-refractivity contribution in [1.82, 2.24) is 4.90 Å². The summed E-state index contributed by atoms with van der Waals surface area (Å²) >= 11 is 0. The molecule has 2 heterocycles. The van der Waals surface area contributed by atoms with Gasteiger partial charge in [0.25, 0.3) is 0 Å². The van der Waals surface area contributed by atoms with Gasteiger partial charge in [0.05, 0.1) is 0 Å². The number of hydrogen-bond donors (Lipinski definition) is 1. The second-order valence-corrected chi connectivity index (χ2v) is 8.32. The van der Waals surface area contributed by atoms with Crippen LogP contribution in [0.15, 0.2) is 0 Å². The van der Waals surface area contributed by atoms with E-state index in [1.54, 1.807) is 0 Å². The molecular weight excluding hydrogens is 344 g/mol. The van der Waals surface area contributed by atoms with Crippen molar-refractivity contribution in [2.24, 2.45) is 5.92 Å². The molecule has 2 aliphatic rings. The molecule has 1 aromatic carbocycles. The number of nitrogens with one attached hydrogen (secondary N) is 1. The Morgan fingerprint density at radius 1 is 1.26 bits per heavy atom. The molecule has 1 amide bonds. The Balaban J connectivity index is 1.76. The van der Waals surface area contributed by atoms with Crippen LogP contribution >= 0.6 is 0 Å². The molecule has 148 valence electrons. The minimum absolute atomic E-state index is 0.331. The van der Waals surface area contributed by atoms with Crippen molar-refractivity contribution in [2.75, 3.05) is 25.0 Å². The lowest BCUT2D eigenvalue weighted by Crippen LogP contribution is -2.47. The van der Waals surface area contributed by atoms with E-state index in [-0.39, 0.29) is 5.60 Å². The Bertz CT molecular complexity index is 753. The highest BCUT2D eigenvalue weighted by Crippen LogP contribution is 2.45. The highest BCUT2D eigenvalue weighted by Gasteiger charge is 2.40. The highest BCUT2D eigenvalue weighted by molar-refractivity contribution is 5.85. The van der Waals surface area contributed by atoms with E-state index in [4.69, 9.17) is 4.74 Å². The van der Waals surface area contributed by atoms with E-state index in [1.807, 2.05) is 20.8 Å². The first-order chi connectivity index (χ1) is 12.7. The van der Waals surface area contributed by atoms with E-state index >= 15 is 0 Å². The van der Waals surface area contributed by atoms with Crippen molar-refractivity contribution in [3.05, 3.63) is 22.3 Å². The SMILES string of the molecule is Cc1c(C)c2c(c(C)c1NC(=O)[O-])CC(C)(CN1CCC(CC=O)CC1)O2. The van der Waals surface area contributed by atoms with E-state index < -0.39 is 6.09 Å². The highest BCUT2D eigenvalue weighted by atomic mass is 16.5. The lowest BCUT2D eigenvalue weighted by Gasteiger charge is -2.36. The second kappa shape index (κ2) is 7.50. The van der Waals surface area contributed by atoms with Crippen LogP contribution in [0.3, 0.4) is 0 Å². The van der Waals surface area contributed by atoms with Gasteiger partial charge in [-0.2, -0.15) is 0 Å². The fourth-order valence-electron chi connectivity index (χ4n) is 4.56. The Kier molecular flexibility index (Phi) is 5.47. The minimum atomic E-state index is -1.29. The maximum absolute atomic E-state index is 11.1. The zero-order chi connectivity index (χ0) is 19.8. The zero-order valence-electron chi connectivity index (χ0n) is 16.7. The van der Waals surface area contributed by atoms with Crippen molar-refractivity contribution in [3.63, 3.8) is 0 Å². The smallest absolute Gasteiger partial charge is 0.138 e. The number of fused-ring (bicyclic) bond motifs is 1. The number of ether oxygens (including phenoxy) is 1. The molecule has 0 radical (unpaired) electrons. The number of carbonyl (C=O) groups is 2. The monoisotopic (exact) mass is 373 g/mol. The quantitative estimate of drug-likeness (QED) is 0.802. The maximum atomic E-state index is 11.1. The summed E-state index contributed by atoms with van der Waals surface area (Å²) in [5, 5.41) is 13.5. The Hall–Kier alpha value is -2.08. The van der Waals surface area contributed by atoms with Crippen LogP contribution in [0.1, 0.15) is 48.4 Å². The number of nitrogens with zero attached hydrogens (tertiary/aromatic N) is 1. The van der Waals surface area contributed by atoms with Gasteiger partial charge in [0.15, 0.2) is 0 Å². The van der Waals surface area contributed by atoms with Gasteiger partial charge in [-0.3, -0.25) is 4.90 Å². The summed E-state index contributed by atoms with van der Waals surface area (Å²) in [6.45, 7) is 10.8. The van der Waals surface area contributed by atoms with Crippen LogP contribution in [-0.4, -0.2) is 42.5 Å².